The van der Waals surface area contributed by atoms with Gasteiger partial charge in [0.15, 0.2) is 5.96 Å². The van der Waals surface area contributed by atoms with Gasteiger partial charge in [-0.1, -0.05) is 42.5 Å². The highest BCUT2D eigenvalue weighted by Crippen LogP contribution is 2.23. The first-order chi connectivity index (χ1) is 14.5. The van der Waals surface area contributed by atoms with Crippen LogP contribution in [-0.2, 0) is 14.8 Å². The van der Waals surface area contributed by atoms with Crippen molar-refractivity contribution in [2.45, 2.75) is 38.3 Å². The second-order valence-corrected chi connectivity index (χ2v) is 9.52. The van der Waals surface area contributed by atoms with E-state index < -0.39 is 10.0 Å². The normalized spacial score (nSPS) is 18.9. The number of hydrogen-bond acceptors (Lipinski definition) is 4. The molecule has 0 radical (unpaired) electrons. The number of nitrogens with zero attached hydrogens (tertiary/aromatic N) is 1. The molecular formula is C22H32N4O3S. The molecule has 3 N–H and O–H groups in total. The number of ether oxygens (including phenoxy) is 1. The van der Waals surface area contributed by atoms with Crippen molar-refractivity contribution < 1.29 is 13.2 Å². The molecule has 1 aliphatic heterocycles. The van der Waals surface area contributed by atoms with Gasteiger partial charge in [-0.25, -0.2) is 13.1 Å². The maximum absolute atomic E-state index is 12.3. The van der Waals surface area contributed by atoms with Crippen molar-refractivity contribution in [3.63, 3.8) is 0 Å². The zero-order valence-corrected chi connectivity index (χ0v) is 18.5. The molecule has 0 aliphatic carbocycles. The van der Waals surface area contributed by atoms with Gasteiger partial charge in [-0.2, -0.15) is 0 Å². The minimum atomic E-state index is -3.37. The Morgan fingerprint density at radius 3 is 2.77 bits per heavy atom. The first-order valence-corrected chi connectivity index (χ1v) is 12.2. The first-order valence-electron chi connectivity index (χ1n) is 10.5. The third kappa shape index (κ3) is 6.42. The van der Waals surface area contributed by atoms with Crippen molar-refractivity contribution in [3.05, 3.63) is 48.0 Å². The van der Waals surface area contributed by atoms with E-state index in [2.05, 4.69) is 51.5 Å². The van der Waals surface area contributed by atoms with Gasteiger partial charge in [0.2, 0.25) is 10.0 Å². The molecule has 0 bridgehead atoms. The van der Waals surface area contributed by atoms with E-state index in [1.807, 2.05) is 18.2 Å². The molecule has 0 amide bonds. The summed E-state index contributed by atoms with van der Waals surface area (Å²) in [5, 5.41) is 8.82. The number of aliphatic imine (C=N–C) groups is 1. The lowest BCUT2D eigenvalue weighted by Gasteiger charge is -2.23. The largest absolute Gasteiger partial charge is 0.377 e. The molecule has 1 heterocycles. The molecule has 3 rings (SSSR count). The van der Waals surface area contributed by atoms with Gasteiger partial charge >= 0.3 is 0 Å². The standard InChI is InChI=1S/C22H32N4O3S/c1-17(20-12-7-9-18-8-3-4-11-21(18)20)26-22(23-2)24-13-15-30(27,28)25-16-19-10-5-6-14-29-19/h3-4,7-9,11-12,17,19,25H,5-6,10,13-16H2,1-2H3,(H2,23,24,26). The van der Waals surface area contributed by atoms with Gasteiger partial charge in [0.1, 0.15) is 0 Å². The monoisotopic (exact) mass is 432 g/mol. The molecular weight excluding hydrogens is 400 g/mol. The molecule has 0 spiro atoms. The SMILES string of the molecule is CN=C(NCCS(=O)(=O)NCC1CCCCO1)NC(C)c1cccc2ccccc12. The van der Waals surface area contributed by atoms with Crippen LogP contribution in [0.25, 0.3) is 10.8 Å². The number of hydrogen-bond donors (Lipinski definition) is 3. The van der Waals surface area contributed by atoms with Crippen LogP contribution < -0.4 is 15.4 Å². The van der Waals surface area contributed by atoms with Crippen LogP contribution in [0.2, 0.25) is 0 Å². The number of benzene rings is 2. The van der Waals surface area contributed by atoms with E-state index in [0.29, 0.717) is 19.1 Å². The lowest BCUT2D eigenvalue weighted by molar-refractivity contribution is 0.0200. The number of rotatable bonds is 8. The van der Waals surface area contributed by atoms with Crippen molar-refractivity contribution in [1.82, 2.24) is 15.4 Å². The van der Waals surface area contributed by atoms with Gasteiger partial charge in [0, 0.05) is 26.7 Å². The number of sulfonamides is 1. The van der Waals surface area contributed by atoms with Crippen LogP contribution in [0.15, 0.2) is 47.5 Å². The summed E-state index contributed by atoms with van der Waals surface area (Å²) in [5.74, 6) is 0.546. The van der Waals surface area contributed by atoms with Crippen LogP contribution in [0.1, 0.15) is 37.8 Å². The third-order valence-electron chi connectivity index (χ3n) is 5.33. The molecule has 2 aromatic rings. The van der Waals surface area contributed by atoms with Crippen LogP contribution in [0.4, 0.5) is 0 Å². The molecule has 7 nitrogen and oxygen atoms in total. The summed E-state index contributed by atoms with van der Waals surface area (Å²) < 4.78 is 32.8. The summed E-state index contributed by atoms with van der Waals surface area (Å²) >= 11 is 0. The van der Waals surface area contributed by atoms with Crippen LogP contribution >= 0.6 is 0 Å². The smallest absolute Gasteiger partial charge is 0.213 e. The summed E-state index contributed by atoms with van der Waals surface area (Å²) in [4.78, 5) is 4.23. The fourth-order valence-electron chi connectivity index (χ4n) is 3.67. The van der Waals surface area contributed by atoms with E-state index >= 15 is 0 Å². The van der Waals surface area contributed by atoms with Gasteiger partial charge in [-0.15, -0.1) is 0 Å². The molecule has 2 unspecified atom stereocenters. The maximum atomic E-state index is 12.3. The second-order valence-electron chi connectivity index (χ2n) is 7.59. The summed E-state index contributed by atoms with van der Waals surface area (Å²) in [6.45, 7) is 3.39. The quantitative estimate of drug-likeness (QED) is 0.440. The van der Waals surface area contributed by atoms with E-state index in [-0.39, 0.29) is 24.4 Å². The number of fused-ring (bicyclic) bond motifs is 1. The van der Waals surface area contributed by atoms with Gasteiger partial charge in [0.05, 0.1) is 17.9 Å². The Kier molecular flexibility index (Phi) is 8.07. The van der Waals surface area contributed by atoms with Gasteiger partial charge in [-0.3, -0.25) is 4.99 Å². The highest BCUT2D eigenvalue weighted by molar-refractivity contribution is 7.89. The summed E-state index contributed by atoms with van der Waals surface area (Å²) in [5.41, 5.74) is 1.16. The molecule has 1 fully saturated rings. The second kappa shape index (κ2) is 10.7. The molecule has 2 atom stereocenters. The zero-order valence-electron chi connectivity index (χ0n) is 17.7. The fourth-order valence-corrected chi connectivity index (χ4v) is 4.62. The third-order valence-corrected chi connectivity index (χ3v) is 6.68. The average Bonchev–Trinajstić information content (AvgIpc) is 2.77. The molecule has 30 heavy (non-hydrogen) atoms. The van der Waals surface area contributed by atoms with Crippen LogP contribution in [0.5, 0.6) is 0 Å². The molecule has 164 valence electrons. The zero-order chi connectivity index (χ0) is 21.4. The molecule has 1 aliphatic rings. The Hall–Kier alpha value is -2.16. The van der Waals surface area contributed by atoms with Crippen molar-refractivity contribution >= 4 is 26.8 Å². The highest BCUT2D eigenvalue weighted by Gasteiger charge is 2.18. The molecule has 0 saturated carbocycles. The highest BCUT2D eigenvalue weighted by atomic mass is 32.2. The average molecular weight is 433 g/mol. The Bertz CT molecular complexity index is 951. The maximum Gasteiger partial charge on any atom is 0.213 e. The summed E-state index contributed by atoms with van der Waals surface area (Å²) in [6.07, 6.45) is 3.03. The predicted octanol–water partition coefficient (Wildman–Crippen LogP) is 2.55. The molecule has 8 heteroatoms. The fraction of sp³-hybridized carbons (Fsp3) is 0.500. The van der Waals surface area contributed by atoms with Crippen LogP contribution in [-0.4, -0.2) is 53.0 Å². The topological polar surface area (TPSA) is 91.8 Å². The Balaban J connectivity index is 1.49. The van der Waals surface area contributed by atoms with Crippen molar-refractivity contribution in [2.24, 2.45) is 4.99 Å². The predicted molar refractivity (Wildman–Crippen MR) is 122 cm³/mol. The van der Waals surface area contributed by atoms with E-state index in [1.165, 1.54) is 10.8 Å². The molecule has 2 aromatic carbocycles. The minimum Gasteiger partial charge on any atom is -0.377 e. The molecule has 1 saturated heterocycles. The lowest BCUT2D eigenvalue weighted by Crippen LogP contribution is -2.43. The van der Waals surface area contributed by atoms with Crippen LogP contribution in [0, 0.1) is 0 Å². The Labute approximate surface area is 179 Å². The Morgan fingerprint density at radius 1 is 1.20 bits per heavy atom. The van der Waals surface area contributed by atoms with Crippen molar-refractivity contribution in [2.75, 3.05) is 32.5 Å². The minimum absolute atomic E-state index is 0.0143. The van der Waals surface area contributed by atoms with E-state index in [9.17, 15) is 8.42 Å². The Morgan fingerprint density at radius 2 is 2.00 bits per heavy atom. The lowest BCUT2D eigenvalue weighted by atomic mass is 10.00. The van der Waals surface area contributed by atoms with E-state index in [0.717, 1.165) is 24.8 Å². The van der Waals surface area contributed by atoms with Gasteiger partial charge in [0.25, 0.3) is 0 Å². The summed E-state index contributed by atoms with van der Waals surface area (Å²) in [6, 6.07) is 14.5. The summed E-state index contributed by atoms with van der Waals surface area (Å²) in [7, 11) is -1.69. The van der Waals surface area contributed by atoms with Crippen molar-refractivity contribution in [1.29, 1.82) is 0 Å². The number of nitrogens with one attached hydrogen (secondary N) is 3. The molecule has 0 aromatic heterocycles. The van der Waals surface area contributed by atoms with Crippen LogP contribution in [0.3, 0.4) is 0 Å². The van der Waals surface area contributed by atoms with Crippen molar-refractivity contribution in [3.8, 4) is 0 Å². The number of guanidine groups is 1. The van der Waals surface area contributed by atoms with E-state index in [4.69, 9.17) is 4.74 Å². The first kappa shape index (κ1) is 22.5. The van der Waals surface area contributed by atoms with E-state index in [1.54, 1.807) is 7.05 Å². The van der Waals surface area contributed by atoms with Gasteiger partial charge < -0.3 is 15.4 Å². The van der Waals surface area contributed by atoms with Gasteiger partial charge in [-0.05, 0) is 42.5 Å².